The number of morpholine rings is 1. The largest absolute Gasteiger partial charge is 0.378 e. The third-order valence-electron chi connectivity index (χ3n) is 5.37. The van der Waals surface area contributed by atoms with E-state index in [1.807, 2.05) is 12.1 Å². The highest BCUT2D eigenvalue weighted by molar-refractivity contribution is 6.18. The van der Waals surface area contributed by atoms with Gasteiger partial charge in [-0.15, -0.1) is 0 Å². The lowest BCUT2D eigenvalue weighted by Gasteiger charge is -2.33. The van der Waals surface area contributed by atoms with E-state index in [0.29, 0.717) is 49.9 Å². The quantitative estimate of drug-likeness (QED) is 0.511. The van der Waals surface area contributed by atoms with E-state index in [4.69, 9.17) is 10.1 Å². The standard InChI is InChI=1S/C21H24N6O3/c1-26-6-3-14-11-17(25-20(28)16(13-22)19-23-4-2-5-24-19)18(12-15(14)21(26)29)27-7-9-30-10-8-27/h2,4-5,11-13,22-23H,3,6-10H2,1H3,(H,25,28)/b19-16-,22-13?. The molecule has 3 heterocycles. The van der Waals surface area contributed by atoms with Crippen LogP contribution in [0.15, 0.2) is 40.8 Å². The number of likely N-dealkylation sites (N-methyl/N-ethyl adjacent to an activating group) is 1. The molecule has 9 nitrogen and oxygen atoms in total. The molecule has 9 heteroatoms. The Hall–Kier alpha value is -3.46. The average Bonchev–Trinajstić information content (AvgIpc) is 2.78. The first-order chi connectivity index (χ1) is 14.6. The zero-order chi connectivity index (χ0) is 21.1. The normalized spacial score (nSPS) is 19.8. The number of aliphatic imine (C=N–C) groups is 1. The molecule has 3 aliphatic heterocycles. The van der Waals surface area contributed by atoms with Crippen molar-refractivity contribution in [3.05, 3.63) is 46.9 Å². The van der Waals surface area contributed by atoms with E-state index in [-0.39, 0.29) is 11.5 Å². The molecule has 3 N–H and O–H groups in total. The Labute approximate surface area is 174 Å². The van der Waals surface area contributed by atoms with Gasteiger partial charge in [0.2, 0.25) is 0 Å². The second-order valence-electron chi connectivity index (χ2n) is 7.25. The highest BCUT2D eigenvalue weighted by Crippen LogP contribution is 2.33. The van der Waals surface area contributed by atoms with Crippen molar-refractivity contribution >= 4 is 35.6 Å². The van der Waals surface area contributed by atoms with Crippen LogP contribution in [0.4, 0.5) is 11.4 Å². The molecule has 0 saturated carbocycles. The number of fused-ring (bicyclic) bond motifs is 1. The SMILES string of the molecule is CN1CCc2cc(NC(=O)/C(C=N)=C3\N=CC=CN3)c(N3CCOCC3)cc2C1=O. The number of nitrogens with zero attached hydrogens (tertiary/aromatic N) is 3. The maximum atomic E-state index is 13.0. The van der Waals surface area contributed by atoms with Gasteiger partial charge in [0.15, 0.2) is 0 Å². The number of rotatable bonds is 4. The average molecular weight is 408 g/mol. The number of hydrogen-bond acceptors (Lipinski definition) is 7. The van der Waals surface area contributed by atoms with Crippen molar-refractivity contribution in [1.29, 1.82) is 5.41 Å². The Morgan fingerprint density at radius 3 is 2.80 bits per heavy atom. The van der Waals surface area contributed by atoms with Gasteiger partial charge in [-0.3, -0.25) is 9.59 Å². The molecule has 0 aliphatic carbocycles. The van der Waals surface area contributed by atoms with Crippen LogP contribution in [0.25, 0.3) is 0 Å². The first kappa shape index (κ1) is 19.8. The Morgan fingerprint density at radius 1 is 1.30 bits per heavy atom. The molecule has 156 valence electrons. The van der Waals surface area contributed by atoms with Gasteiger partial charge in [-0.25, -0.2) is 4.99 Å². The van der Waals surface area contributed by atoms with Gasteiger partial charge >= 0.3 is 0 Å². The van der Waals surface area contributed by atoms with E-state index in [9.17, 15) is 9.59 Å². The van der Waals surface area contributed by atoms with Gasteiger partial charge < -0.3 is 30.6 Å². The smallest absolute Gasteiger partial charge is 0.261 e. The van der Waals surface area contributed by atoms with Crippen LogP contribution < -0.4 is 15.5 Å². The molecule has 0 atom stereocenters. The van der Waals surface area contributed by atoms with Crippen LogP contribution in [0.5, 0.6) is 0 Å². The van der Waals surface area contributed by atoms with Crippen molar-refractivity contribution in [3.8, 4) is 0 Å². The molecule has 0 unspecified atom stereocenters. The number of amides is 2. The van der Waals surface area contributed by atoms with Crippen LogP contribution in [0, 0.1) is 5.41 Å². The Bertz CT molecular complexity index is 975. The summed E-state index contributed by atoms with van der Waals surface area (Å²) in [5.74, 6) is -0.139. The van der Waals surface area contributed by atoms with Crippen LogP contribution in [0.1, 0.15) is 15.9 Å². The van der Waals surface area contributed by atoms with Crippen molar-refractivity contribution < 1.29 is 14.3 Å². The van der Waals surface area contributed by atoms with E-state index in [1.165, 1.54) is 0 Å². The number of allylic oxidation sites excluding steroid dienone is 1. The summed E-state index contributed by atoms with van der Waals surface area (Å²) >= 11 is 0. The number of carbonyl (C=O) groups is 2. The van der Waals surface area contributed by atoms with Crippen molar-refractivity contribution in [2.24, 2.45) is 4.99 Å². The fourth-order valence-corrected chi connectivity index (χ4v) is 3.70. The molecule has 1 saturated heterocycles. The fraction of sp³-hybridized carbons (Fsp3) is 0.333. The molecule has 0 aromatic heterocycles. The van der Waals surface area contributed by atoms with E-state index >= 15 is 0 Å². The third kappa shape index (κ3) is 3.84. The molecular weight excluding hydrogens is 384 g/mol. The predicted molar refractivity (Wildman–Crippen MR) is 115 cm³/mol. The van der Waals surface area contributed by atoms with Crippen molar-refractivity contribution in [2.45, 2.75) is 6.42 Å². The summed E-state index contributed by atoms with van der Waals surface area (Å²) in [6, 6.07) is 3.75. The highest BCUT2D eigenvalue weighted by atomic mass is 16.5. The molecule has 0 bridgehead atoms. The van der Waals surface area contributed by atoms with Crippen LogP contribution in [-0.2, 0) is 16.0 Å². The Morgan fingerprint density at radius 2 is 2.10 bits per heavy atom. The monoisotopic (exact) mass is 408 g/mol. The lowest BCUT2D eigenvalue weighted by Crippen LogP contribution is -2.38. The van der Waals surface area contributed by atoms with Gasteiger partial charge in [-0.1, -0.05) is 0 Å². The van der Waals surface area contributed by atoms with Crippen molar-refractivity contribution in [2.75, 3.05) is 50.1 Å². The molecule has 1 aromatic carbocycles. The first-order valence-electron chi connectivity index (χ1n) is 9.85. The van der Waals surface area contributed by atoms with Crippen LogP contribution in [0.3, 0.4) is 0 Å². The van der Waals surface area contributed by atoms with E-state index in [0.717, 1.165) is 23.9 Å². The summed E-state index contributed by atoms with van der Waals surface area (Å²) in [7, 11) is 1.80. The summed E-state index contributed by atoms with van der Waals surface area (Å²) in [4.78, 5) is 33.6. The van der Waals surface area contributed by atoms with Crippen molar-refractivity contribution in [1.82, 2.24) is 10.2 Å². The maximum absolute atomic E-state index is 13.0. The van der Waals surface area contributed by atoms with Crippen LogP contribution in [0.2, 0.25) is 0 Å². The fourth-order valence-electron chi connectivity index (χ4n) is 3.70. The summed E-state index contributed by atoms with van der Waals surface area (Å²) in [6.07, 6.45) is 6.62. The molecule has 1 aromatic rings. The number of carbonyl (C=O) groups excluding carboxylic acids is 2. The third-order valence-corrected chi connectivity index (χ3v) is 5.37. The maximum Gasteiger partial charge on any atom is 0.261 e. The van der Waals surface area contributed by atoms with Gasteiger partial charge in [-0.05, 0) is 30.2 Å². The summed E-state index contributed by atoms with van der Waals surface area (Å²) in [6.45, 7) is 3.14. The minimum Gasteiger partial charge on any atom is -0.378 e. The number of ether oxygens (including phenoxy) is 1. The van der Waals surface area contributed by atoms with Gasteiger partial charge in [0.25, 0.3) is 11.8 Å². The summed E-state index contributed by atoms with van der Waals surface area (Å²) in [5, 5.41) is 13.5. The molecule has 0 radical (unpaired) electrons. The molecule has 0 spiro atoms. The Kier molecular flexibility index (Phi) is 5.62. The lowest BCUT2D eigenvalue weighted by molar-refractivity contribution is -0.112. The van der Waals surface area contributed by atoms with E-state index in [2.05, 4.69) is 20.5 Å². The minimum absolute atomic E-state index is 0.0153. The van der Waals surface area contributed by atoms with Gasteiger partial charge in [-0.2, -0.15) is 0 Å². The van der Waals surface area contributed by atoms with Gasteiger partial charge in [0, 0.05) is 50.9 Å². The topological polar surface area (TPSA) is 110 Å². The number of hydrogen-bond donors (Lipinski definition) is 3. The van der Waals surface area contributed by atoms with Crippen molar-refractivity contribution in [3.63, 3.8) is 0 Å². The first-order valence-corrected chi connectivity index (χ1v) is 9.85. The zero-order valence-electron chi connectivity index (χ0n) is 16.8. The zero-order valence-corrected chi connectivity index (χ0v) is 16.8. The molecule has 3 aliphatic rings. The molecule has 1 fully saturated rings. The lowest BCUT2D eigenvalue weighted by atomic mass is 9.96. The molecule has 30 heavy (non-hydrogen) atoms. The second kappa shape index (κ2) is 8.50. The van der Waals surface area contributed by atoms with Gasteiger partial charge in [0.1, 0.15) is 5.82 Å². The number of benzene rings is 1. The Balaban J connectivity index is 1.71. The highest BCUT2D eigenvalue weighted by Gasteiger charge is 2.26. The second-order valence-corrected chi connectivity index (χ2v) is 7.25. The molecule has 4 rings (SSSR count). The molecule has 2 amide bonds. The molecular formula is C21H24N6O3. The minimum atomic E-state index is -0.436. The van der Waals surface area contributed by atoms with E-state index < -0.39 is 5.91 Å². The van der Waals surface area contributed by atoms with Crippen LogP contribution in [-0.4, -0.2) is 69.0 Å². The summed E-state index contributed by atoms with van der Waals surface area (Å²) < 4.78 is 5.46. The van der Waals surface area contributed by atoms with Gasteiger partial charge in [0.05, 0.1) is 30.2 Å². The number of anilines is 2. The van der Waals surface area contributed by atoms with Crippen LogP contribution >= 0.6 is 0 Å². The predicted octanol–water partition coefficient (Wildman–Crippen LogP) is 1.14. The number of nitrogens with one attached hydrogen (secondary N) is 3. The van der Waals surface area contributed by atoms with E-state index in [1.54, 1.807) is 30.4 Å². The summed E-state index contributed by atoms with van der Waals surface area (Å²) in [5.41, 5.74) is 3.09.